The van der Waals surface area contributed by atoms with Crippen LogP contribution in [0.2, 0.25) is 5.02 Å². The number of amides is 4. The Balaban J connectivity index is 1.75. The molecule has 0 aliphatic heterocycles. The molecule has 0 spiro atoms. The first-order valence-electron chi connectivity index (χ1n) is 9.20. The number of methoxy groups -OCH3 is 1. The Morgan fingerprint density at radius 2 is 1.52 bits per heavy atom. The van der Waals surface area contributed by atoms with Crippen LogP contribution < -0.4 is 20.7 Å². The van der Waals surface area contributed by atoms with E-state index in [4.69, 9.17) is 16.3 Å². The maximum absolute atomic E-state index is 13.8. The highest BCUT2D eigenvalue weighted by Gasteiger charge is 2.19. The fourth-order valence-corrected chi connectivity index (χ4v) is 2.98. The fraction of sp³-hybridized carbons (Fsp3) is 0.0455. The van der Waals surface area contributed by atoms with E-state index >= 15 is 0 Å². The lowest BCUT2D eigenvalue weighted by molar-refractivity contribution is 0.0965. The van der Waals surface area contributed by atoms with Crippen LogP contribution in [0.25, 0.3) is 0 Å². The summed E-state index contributed by atoms with van der Waals surface area (Å²) in [4.78, 5) is 36.8. The first-order chi connectivity index (χ1) is 15.7. The van der Waals surface area contributed by atoms with E-state index in [1.165, 1.54) is 43.5 Å². The molecule has 0 atom stereocenters. The van der Waals surface area contributed by atoms with Crippen molar-refractivity contribution >= 4 is 40.8 Å². The molecule has 3 rings (SSSR count). The van der Waals surface area contributed by atoms with Gasteiger partial charge in [0.2, 0.25) is 0 Å². The van der Waals surface area contributed by atoms with Crippen LogP contribution >= 0.6 is 11.6 Å². The van der Waals surface area contributed by atoms with Gasteiger partial charge in [0, 0.05) is 5.69 Å². The van der Waals surface area contributed by atoms with Crippen molar-refractivity contribution in [2.75, 3.05) is 17.7 Å². The van der Waals surface area contributed by atoms with E-state index in [-0.39, 0.29) is 22.7 Å². The van der Waals surface area contributed by atoms with Crippen molar-refractivity contribution in [2.24, 2.45) is 0 Å². The van der Waals surface area contributed by atoms with Gasteiger partial charge in [-0.15, -0.1) is 0 Å². The van der Waals surface area contributed by atoms with Gasteiger partial charge >= 0.3 is 6.03 Å². The smallest absolute Gasteiger partial charge is 0.326 e. The minimum atomic E-state index is -1.31. The van der Waals surface area contributed by atoms with Crippen molar-refractivity contribution in [3.63, 3.8) is 0 Å². The minimum absolute atomic E-state index is 0.0468. The summed E-state index contributed by atoms with van der Waals surface area (Å²) in [7, 11) is 1.32. The maximum atomic E-state index is 13.8. The van der Waals surface area contributed by atoms with E-state index in [9.17, 15) is 27.6 Å². The zero-order valence-electron chi connectivity index (χ0n) is 16.8. The second kappa shape index (κ2) is 10.0. The van der Waals surface area contributed by atoms with Gasteiger partial charge in [-0.25, -0.2) is 18.0 Å². The molecule has 0 unspecified atom stereocenters. The monoisotopic (exact) mass is 477 g/mol. The molecule has 3 aromatic carbocycles. The average molecular weight is 478 g/mol. The largest absolute Gasteiger partial charge is 0.495 e. The minimum Gasteiger partial charge on any atom is -0.495 e. The Kier molecular flexibility index (Phi) is 7.19. The standard InChI is InChI=1S/C22H15ClF3N3O4/c1-33-19-7-6-11(27-20(30)12-4-2-3-5-15(12)24)8-18(19)28-22(32)29-21(31)13-9-16(25)17(26)10-14(13)23/h2-10H,1H3,(H,27,30)(H2,28,29,31,32). The van der Waals surface area contributed by atoms with Gasteiger partial charge in [0.1, 0.15) is 11.6 Å². The van der Waals surface area contributed by atoms with Crippen LogP contribution in [0.1, 0.15) is 20.7 Å². The number of carbonyl (C=O) groups is 3. The molecule has 0 fully saturated rings. The number of benzene rings is 3. The van der Waals surface area contributed by atoms with Crippen LogP contribution in [-0.4, -0.2) is 25.0 Å². The summed E-state index contributed by atoms with van der Waals surface area (Å²) in [5.41, 5.74) is -0.405. The Labute approximate surface area is 190 Å². The van der Waals surface area contributed by atoms with Crippen LogP contribution in [0.3, 0.4) is 0 Å². The normalized spacial score (nSPS) is 10.3. The molecule has 33 heavy (non-hydrogen) atoms. The first-order valence-corrected chi connectivity index (χ1v) is 9.58. The lowest BCUT2D eigenvalue weighted by Crippen LogP contribution is -2.34. The Morgan fingerprint density at radius 1 is 0.818 bits per heavy atom. The molecule has 0 saturated carbocycles. The number of halogens is 4. The average Bonchev–Trinajstić information content (AvgIpc) is 2.76. The molecule has 170 valence electrons. The zero-order chi connectivity index (χ0) is 24.1. The molecule has 0 radical (unpaired) electrons. The summed E-state index contributed by atoms with van der Waals surface area (Å²) < 4.78 is 45.5. The molecular formula is C22H15ClF3N3O4. The number of imide groups is 1. The van der Waals surface area contributed by atoms with Gasteiger partial charge in [-0.1, -0.05) is 23.7 Å². The van der Waals surface area contributed by atoms with E-state index in [0.717, 1.165) is 6.07 Å². The number of anilines is 2. The summed E-state index contributed by atoms with van der Waals surface area (Å²) in [5, 5.41) is 6.35. The lowest BCUT2D eigenvalue weighted by atomic mass is 10.2. The highest BCUT2D eigenvalue weighted by Crippen LogP contribution is 2.28. The number of rotatable bonds is 5. The van der Waals surface area contributed by atoms with E-state index in [2.05, 4.69) is 10.6 Å². The predicted octanol–water partition coefficient (Wildman–Crippen LogP) is 4.98. The number of carbonyl (C=O) groups excluding carboxylic acids is 3. The van der Waals surface area contributed by atoms with Crippen LogP contribution in [0.4, 0.5) is 29.3 Å². The van der Waals surface area contributed by atoms with Crippen molar-refractivity contribution in [3.8, 4) is 5.75 Å². The Bertz CT molecular complexity index is 1250. The van der Waals surface area contributed by atoms with Crippen LogP contribution in [0.5, 0.6) is 5.75 Å². The van der Waals surface area contributed by atoms with E-state index < -0.39 is 45.9 Å². The maximum Gasteiger partial charge on any atom is 0.326 e. The lowest BCUT2D eigenvalue weighted by Gasteiger charge is -2.13. The van der Waals surface area contributed by atoms with Gasteiger partial charge in [0.05, 0.1) is 28.9 Å². The molecule has 0 aliphatic carbocycles. The summed E-state index contributed by atoms with van der Waals surface area (Å²) in [6.45, 7) is 0. The Hall–Kier alpha value is -4.05. The summed E-state index contributed by atoms with van der Waals surface area (Å²) >= 11 is 5.73. The van der Waals surface area contributed by atoms with Gasteiger partial charge in [0.15, 0.2) is 11.6 Å². The van der Waals surface area contributed by atoms with Crippen molar-refractivity contribution in [3.05, 3.63) is 88.2 Å². The molecule has 7 nitrogen and oxygen atoms in total. The molecule has 11 heteroatoms. The fourth-order valence-electron chi connectivity index (χ4n) is 2.75. The van der Waals surface area contributed by atoms with Crippen LogP contribution in [0.15, 0.2) is 54.6 Å². The third kappa shape index (κ3) is 5.60. The van der Waals surface area contributed by atoms with Gasteiger partial charge in [-0.3, -0.25) is 14.9 Å². The molecule has 4 amide bonds. The van der Waals surface area contributed by atoms with Crippen molar-refractivity contribution < 1.29 is 32.3 Å². The quantitative estimate of drug-likeness (QED) is 0.451. The third-order valence-corrected chi connectivity index (χ3v) is 4.62. The van der Waals surface area contributed by atoms with E-state index in [1.54, 1.807) is 0 Å². The third-order valence-electron chi connectivity index (χ3n) is 4.31. The second-order valence-electron chi connectivity index (χ2n) is 6.50. The number of ether oxygens (including phenoxy) is 1. The number of nitrogens with one attached hydrogen (secondary N) is 3. The summed E-state index contributed by atoms with van der Waals surface area (Å²) in [6.07, 6.45) is 0. The van der Waals surface area contributed by atoms with E-state index in [1.807, 2.05) is 5.32 Å². The SMILES string of the molecule is COc1ccc(NC(=O)c2ccccc2F)cc1NC(=O)NC(=O)c1cc(F)c(F)cc1Cl. The summed E-state index contributed by atoms with van der Waals surface area (Å²) in [5.74, 6) is -4.91. The molecule has 0 bridgehead atoms. The highest BCUT2D eigenvalue weighted by molar-refractivity contribution is 6.34. The number of hydrogen-bond donors (Lipinski definition) is 3. The highest BCUT2D eigenvalue weighted by atomic mass is 35.5. The van der Waals surface area contributed by atoms with Crippen molar-refractivity contribution in [2.45, 2.75) is 0 Å². The van der Waals surface area contributed by atoms with Crippen LogP contribution in [-0.2, 0) is 0 Å². The van der Waals surface area contributed by atoms with Gasteiger partial charge in [-0.2, -0.15) is 0 Å². The van der Waals surface area contributed by atoms with Crippen LogP contribution in [0, 0.1) is 17.5 Å². The van der Waals surface area contributed by atoms with Gasteiger partial charge in [-0.05, 0) is 42.5 Å². The summed E-state index contributed by atoms with van der Waals surface area (Å²) in [6, 6.07) is 9.67. The molecule has 0 heterocycles. The molecule has 3 N–H and O–H groups in total. The van der Waals surface area contributed by atoms with Gasteiger partial charge < -0.3 is 15.4 Å². The van der Waals surface area contributed by atoms with Crippen molar-refractivity contribution in [1.29, 1.82) is 0 Å². The molecular weight excluding hydrogens is 463 g/mol. The zero-order valence-corrected chi connectivity index (χ0v) is 17.6. The second-order valence-corrected chi connectivity index (χ2v) is 6.91. The van der Waals surface area contributed by atoms with Gasteiger partial charge in [0.25, 0.3) is 11.8 Å². The number of urea groups is 1. The molecule has 3 aromatic rings. The Morgan fingerprint density at radius 3 is 2.21 bits per heavy atom. The molecule has 0 aromatic heterocycles. The first kappa shape index (κ1) is 23.6. The number of hydrogen-bond acceptors (Lipinski definition) is 4. The van der Waals surface area contributed by atoms with E-state index in [0.29, 0.717) is 12.1 Å². The molecule has 0 aliphatic rings. The predicted molar refractivity (Wildman–Crippen MR) is 115 cm³/mol. The topological polar surface area (TPSA) is 96.5 Å². The molecule has 0 saturated heterocycles. The van der Waals surface area contributed by atoms with Crippen molar-refractivity contribution in [1.82, 2.24) is 5.32 Å².